The lowest BCUT2D eigenvalue weighted by Gasteiger charge is -2.28. The topological polar surface area (TPSA) is 46.3 Å². The number of nitrogens with zero attached hydrogens (tertiary/aromatic N) is 1. The van der Waals surface area contributed by atoms with Gasteiger partial charge in [0.15, 0.2) is 0 Å². The number of hydrogen-bond acceptors (Lipinski definition) is 2. The highest BCUT2D eigenvalue weighted by atomic mass is 16.2. The maximum Gasteiger partial charge on any atom is 0.224 e. The molecule has 1 aromatic rings. The van der Waals surface area contributed by atoms with Crippen LogP contribution in [0, 0.1) is 5.41 Å². The summed E-state index contributed by atoms with van der Waals surface area (Å²) in [5.74, 6) is 0.633. The smallest absolute Gasteiger partial charge is 0.224 e. The number of nitrogens with two attached hydrogens (primary N) is 1. The lowest BCUT2D eigenvalue weighted by Crippen LogP contribution is -2.40. The Bertz CT molecular complexity index is 457. The molecule has 2 N–H and O–H groups in total. The van der Waals surface area contributed by atoms with E-state index < -0.39 is 0 Å². The van der Waals surface area contributed by atoms with E-state index in [4.69, 9.17) is 5.73 Å². The van der Waals surface area contributed by atoms with Gasteiger partial charge < -0.3 is 10.6 Å². The van der Waals surface area contributed by atoms with Crippen LogP contribution in [-0.4, -0.2) is 23.9 Å². The lowest BCUT2D eigenvalue weighted by molar-refractivity contribution is -0.131. The van der Waals surface area contributed by atoms with Crippen molar-refractivity contribution in [3.63, 3.8) is 0 Å². The van der Waals surface area contributed by atoms with Crippen molar-refractivity contribution in [3.05, 3.63) is 35.4 Å². The van der Waals surface area contributed by atoms with Crippen LogP contribution in [0.25, 0.3) is 0 Å². The number of rotatable bonds is 5. The Kier molecular flexibility index (Phi) is 5.97. The highest BCUT2D eigenvalue weighted by Crippen LogP contribution is 2.21. The van der Waals surface area contributed by atoms with Crippen LogP contribution < -0.4 is 5.73 Å². The van der Waals surface area contributed by atoms with Crippen LogP contribution >= 0.6 is 0 Å². The van der Waals surface area contributed by atoms with E-state index in [0.29, 0.717) is 18.9 Å². The number of carbonyl (C=O) groups is 1. The number of benzene rings is 1. The van der Waals surface area contributed by atoms with E-state index in [0.717, 1.165) is 5.56 Å². The van der Waals surface area contributed by atoms with Crippen molar-refractivity contribution >= 4 is 5.91 Å². The first-order chi connectivity index (χ1) is 9.61. The Morgan fingerprint density at radius 1 is 1.19 bits per heavy atom. The van der Waals surface area contributed by atoms with Crippen LogP contribution in [0.15, 0.2) is 24.3 Å². The second kappa shape index (κ2) is 7.08. The molecule has 0 aliphatic rings. The van der Waals surface area contributed by atoms with Crippen molar-refractivity contribution in [1.82, 2.24) is 4.90 Å². The fourth-order valence-corrected chi connectivity index (χ4v) is 2.02. The zero-order valence-electron chi connectivity index (χ0n) is 14.3. The van der Waals surface area contributed by atoms with Crippen LogP contribution in [0.5, 0.6) is 0 Å². The summed E-state index contributed by atoms with van der Waals surface area (Å²) in [4.78, 5) is 14.0. The third-order valence-corrected chi connectivity index (χ3v) is 4.00. The molecule has 0 saturated heterocycles. The molecule has 0 spiro atoms. The van der Waals surface area contributed by atoms with Crippen molar-refractivity contribution in [1.29, 1.82) is 0 Å². The molecule has 1 unspecified atom stereocenters. The molecule has 0 radical (unpaired) electrons. The highest BCUT2D eigenvalue weighted by molar-refractivity contribution is 5.76. The molecule has 21 heavy (non-hydrogen) atoms. The first-order valence-electron chi connectivity index (χ1n) is 7.69. The average Bonchev–Trinajstić information content (AvgIpc) is 2.37. The maximum atomic E-state index is 12.2. The molecule has 1 amide bonds. The van der Waals surface area contributed by atoms with Gasteiger partial charge in [-0.25, -0.2) is 0 Å². The molecule has 0 heterocycles. The van der Waals surface area contributed by atoms with Crippen LogP contribution in [0.1, 0.15) is 58.1 Å². The van der Waals surface area contributed by atoms with Gasteiger partial charge in [0, 0.05) is 26.1 Å². The Morgan fingerprint density at radius 2 is 1.71 bits per heavy atom. The van der Waals surface area contributed by atoms with Crippen molar-refractivity contribution in [2.75, 3.05) is 7.05 Å². The van der Waals surface area contributed by atoms with Gasteiger partial charge in [-0.05, 0) is 22.5 Å². The van der Waals surface area contributed by atoms with Gasteiger partial charge in [0.1, 0.15) is 0 Å². The minimum Gasteiger partial charge on any atom is -0.341 e. The van der Waals surface area contributed by atoms with E-state index >= 15 is 0 Å². The zero-order chi connectivity index (χ0) is 16.2. The molecule has 0 bridgehead atoms. The Balaban J connectivity index is 2.60. The van der Waals surface area contributed by atoms with Gasteiger partial charge in [0.25, 0.3) is 0 Å². The predicted octanol–water partition coefficient (Wildman–Crippen LogP) is 3.53. The monoisotopic (exact) mass is 290 g/mol. The first-order valence-corrected chi connectivity index (χ1v) is 7.69. The molecule has 0 saturated carbocycles. The molecular weight excluding hydrogens is 260 g/mol. The zero-order valence-corrected chi connectivity index (χ0v) is 14.3. The Morgan fingerprint density at radius 3 is 2.14 bits per heavy atom. The molecule has 3 heteroatoms. The predicted molar refractivity (Wildman–Crippen MR) is 89.1 cm³/mol. The van der Waals surface area contributed by atoms with Crippen LogP contribution in [0.4, 0.5) is 0 Å². The van der Waals surface area contributed by atoms with Gasteiger partial charge in [-0.1, -0.05) is 58.9 Å². The van der Waals surface area contributed by atoms with Crippen molar-refractivity contribution in [2.45, 2.75) is 59.5 Å². The molecule has 0 aliphatic heterocycles. The van der Waals surface area contributed by atoms with Crippen LogP contribution in [-0.2, 0) is 11.3 Å². The molecule has 1 aromatic carbocycles. The fraction of sp³-hybridized carbons (Fsp3) is 0.611. The number of carbonyl (C=O) groups excluding carboxylic acids is 1. The van der Waals surface area contributed by atoms with Gasteiger partial charge >= 0.3 is 0 Å². The fourth-order valence-electron chi connectivity index (χ4n) is 2.02. The number of amides is 1. The van der Waals surface area contributed by atoms with Gasteiger partial charge in [-0.2, -0.15) is 0 Å². The van der Waals surface area contributed by atoms with Crippen LogP contribution in [0.2, 0.25) is 0 Å². The lowest BCUT2D eigenvalue weighted by atomic mass is 9.85. The van der Waals surface area contributed by atoms with E-state index in [1.807, 2.05) is 7.05 Å². The molecule has 0 aromatic heterocycles. The summed E-state index contributed by atoms with van der Waals surface area (Å²) in [6.07, 6.45) is 0.393. The average molecular weight is 290 g/mol. The quantitative estimate of drug-likeness (QED) is 0.901. The van der Waals surface area contributed by atoms with E-state index in [-0.39, 0.29) is 17.4 Å². The molecule has 1 atom stereocenters. The van der Waals surface area contributed by atoms with Crippen molar-refractivity contribution in [3.8, 4) is 0 Å². The summed E-state index contributed by atoms with van der Waals surface area (Å²) in [6.45, 7) is 11.2. The largest absolute Gasteiger partial charge is 0.341 e. The molecule has 1 rings (SSSR count). The summed E-state index contributed by atoms with van der Waals surface area (Å²) < 4.78 is 0. The van der Waals surface area contributed by atoms with E-state index in [1.165, 1.54) is 5.56 Å². The summed E-state index contributed by atoms with van der Waals surface area (Å²) in [5, 5.41) is 0. The second-order valence-electron chi connectivity index (χ2n) is 7.32. The maximum absolute atomic E-state index is 12.2. The highest BCUT2D eigenvalue weighted by Gasteiger charge is 2.24. The third kappa shape index (κ3) is 5.50. The van der Waals surface area contributed by atoms with Gasteiger partial charge in [0.05, 0.1) is 0 Å². The van der Waals surface area contributed by atoms with E-state index in [1.54, 1.807) is 4.90 Å². The van der Waals surface area contributed by atoms with Crippen molar-refractivity contribution in [2.24, 2.45) is 11.1 Å². The first kappa shape index (κ1) is 17.7. The minimum absolute atomic E-state index is 0.0462. The second-order valence-corrected chi connectivity index (χ2v) is 7.32. The standard InChI is InChI=1S/C18H30N2O/c1-13(2)15-9-7-14(8-10-15)12-20(6)17(21)11-16(19)18(3,4)5/h7-10,13,16H,11-12,19H2,1-6H3. The van der Waals surface area contributed by atoms with Gasteiger partial charge in [-0.3, -0.25) is 4.79 Å². The summed E-state index contributed by atoms with van der Waals surface area (Å²) in [5.41, 5.74) is 8.52. The molecule has 3 nitrogen and oxygen atoms in total. The third-order valence-electron chi connectivity index (χ3n) is 4.00. The summed E-state index contributed by atoms with van der Waals surface area (Å²) >= 11 is 0. The summed E-state index contributed by atoms with van der Waals surface area (Å²) in [6, 6.07) is 8.36. The molecule has 0 fully saturated rings. The number of hydrogen-bond donors (Lipinski definition) is 1. The van der Waals surface area contributed by atoms with Crippen molar-refractivity contribution < 1.29 is 4.79 Å². The van der Waals surface area contributed by atoms with Gasteiger partial charge in [-0.15, -0.1) is 0 Å². The summed E-state index contributed by atoms with van der Waals surface area (Å²) in [7, 11) is 1.84. The Hall–Kier alpha value is -1.35. The Labute approximate surface area is 129 Å². The normalized spacial score (nSPS) is 13.3. The van der Waals surface area contributed by atoms with Crippen LogP contribution in [0.3, 0.4) is 0 Å². The minimum atomic E-state index is -0.115. The van der Waals surface area contributed by atoms with Gasteiger partial charge in [0.2, 0.25) is 5.91 Å². The van der Waals surface area contributed by atoms with E-state index in [2.05, 4.69) is 58.9 Å². The molecular formula is C18H30N2O. The molecule has 0 aliphatic carbocycles. The van der Waals surface area contributed by atoms with E-state index in [9.17, 15) is 4.79 Å². The molecule has 118 valence electrons. The SMILES string of the molecule is CC(C)c1ccc(CN(C)C(=O)CC(N)C(C)(C)C)cc1.